The molecule has 0 aromatic heterocycles. The maximum atomic E-state index is 5.46. The molecule has 0 bridgehead atoms. The summed E-state index contributed by atoms with van der Waals surface area (Å²) in [7, 11) is 0. The first-order chi connectivity index (χ1) is 6.86. The van der Waals surface area contributed by atoms with Crippen LogP contribution in [0.3, 0.4) is 0 Å². The number of allylic oxidation sites excluding steroid dienone is 1. The van der Waals surface area contributed by atoms with Gasteiger partial charge in [-0.15, -0.1) is 6.42 Å². The monoisotopic (exact) mass is 182 g/mol. The molecule has 0 fully saturated rings. The minimum atomic E-state index is 0.586. The second-order valence-corrected chi connectivity index (χ2v) is 3.71. The van der Waals surface area contributed by atoms with Crippen molar-refractivity contribution >= 4 is 6.08 Å². The van der Waals surface area contributed by atoms with Crippen LogP contribution in [0.2, 0.25) is 0 Å². The van der Waals surface area contributed by atoms with Gasteiger partial charge in [-0.2, -0.15) is 0 Å². The minimum absolute atomic E-state index is 0.586. The van der Waals surface area contributed by atoms with Crippen LogP contribution in [0.15, 0.2) is 24.3 Å². The fraction of sp³-hybridized carbons (Fsp3) is 0.286. The molecule has 0 saturated carbocycles. The van der Waals surface area contributed by atoms with Gasteiger partial charge in [0.1, 0.15) is 0 Å². The lowest BCUT2D eigenvalue weighted by Gasteiger charge is -2.09. The van der Waals surface area contributed by atoms with E-state index in [0.717, 1.165) is 5.56 Å². The van der Waals surface area contributed by atoms with E-state index in [4.69, 9.17) is 6.42 Å². The van der Waals surface area contributed by atoms with Crippen LogP contribution in [-0.2, 0) is 0 Å². The summed E-state index contributed by atoms with van der Waals surface area (Å²) >= 11 is 0. The van der Waals surface area contributed by atoms with Crippen LogP contribution in [0, 0.1) is 12.3 Å². The number of hydrogen-bond donors (Lipinski definition) is 0. The average molecular weight is 182 g/mol. The first-order valence-electron chi connectivity index (χ1n) is 5.14. The molecule has 1 aromatic carbocycles. The second kappa shape index (κ2) is 3.72. The fourth-order valence-corrected chi connectivity index (χ4v) is 2.10. The Balaban J connectivity index is 2.43. The van der Waals surface area contributed by atoms with Crippen LogP contribution in [-0.4, -0.2) is 0 Å². The number of fused-ring (bicyclic) bond motifs is 1. The zero-order chi connectivity index (χ0) is 9.97. The maximum absolute atomic E-state index is 5.46. The first kappa shape index (κ1) is 9.09. The highest BCUT2D eigenvalue weighted by Crippen LogP contribution is 2.34. The van der Waals surface area contributed by atoms with Crippen molar-refractivity contribution in [3.8, 4) is 12.3 Å². The molecule has 0 aliphatic heterocycles. The molecule has 1 atom stereocenters. The van der Waals surface area contributed by atoms with Crippen molar-refractivity contribution in [2.24, 2.45) is 0 Å². The van der Waals surface area contributed by atoms with E-state index >= 15 is 0 Å². The molecule has 0 nitrogen and oxygen atoms in total. The number of rotatable bonds is 2. The van der Waals surface area contributed by atoms with E-state index in [1.807, 2.05) is 6.07 Å². The molecule has 1 aliphatic carbocycles. The normalized spacial score (nSPS) is 17.9. The van der Waals surface area contributed by atoms with Crippen molar-refractivity contribution in [3.05, 3.63) is 41.0 Å². The molecule has 1 aliphatic rings. The SMILES string of the molecule is C#Cc1cccc2c1C=CC2CCC. The van der Waals surface area contributed by atoms with Gasteiger partial charge < -0.3 is 0 Å². The zero-order valence-corrected chi connectivity index (χ0v) is 8.46. The Labute approximate surface area is 85.7 Å². The van der Waals surface area contributed by atoms with Crippen LogP contribution < -0.4 is 0 Å². The first-order valence-corrected chi connectivity index (χ1v) is 5.14. The van der Waals surface area contributed by atoms with Crippen molar-refractivity contribution in [1.29, 1.82) is 0 Å². The Hall–Kier alpha value is -1.48. The quantitative estimate of drug-likeness (QED) is 0.613. The third kappa shape index (κ3) is 1.36. The Bertz CT molecular complexity index is 405. The molecular weight excluding hydrogens is 168 g/mol. The van der Waals surface area contributed by atoms with E-state index in [-0.39, 0.29) is 0 Å². The lowest BCUT2D eigenvalue weighted by molar-refractivity contribution is 0.725. The highest BCUT2D eigenvalue weighted by molar-refractivity contribution is 5.68. The molecule has 70 valence electrons. The average Bonchev–Trinajstić information content (AvgIpc) is 2.62. The number of benzene rings is 1. The van der Waals surface area contributed by atoms with Gasteiger partial charge in [-0.05, 0) is 23.6 Å². The van der Waals surface area contributed by atoms with E-state index < -0.39 is 0 Å². The molecule has 0 spiro atoms. The standard InChI is InChI=1S/C14H14/c1-3-6-12-9-10-14-11(4-2)7-5-8-13(12)14/h2,5,7-10,12H,3,6H2,1H3. The molecule has 2 rings (SSSR count). The summed E-state index contributed by atoms with van der Waals surface area (Å²) in [6, 6.07) is 6.26. The Morgan fingerprint density at radius 1 is 1.43 bits per heavy atom. The van der Waals surface area contributed by atoms with Crippen LogP contribution in [0.5, 0.6) is 0 Å². The summed E-state index contributed by atoms with van der Waals surface area (Å²) in [6.45, 7) is 2.22. The lowest BCUT2D eigenvalue weighted by atomic mass is 9.94. The lowest BCUT2D eigenvalue weighted by Crippen LogP contribution is -1.93. The highest BCUT2D eigenvalue weighted by Gasteiger charge is 2.17. The summed E-state index contributed by atoms with van der Waals surface area (Å²) in [5, 5.41) is 0. The Morgan fingerprint density at radius 2 is 2.29 bits per heavy atom. The maximum Gasteiger partial charge on any atom is 0.0317 e. The molecule has 0 saturated heterocycles. The third-order valence-corrected chi connectivity index (χ3v) is 2.79. The van der Waals surface area contributed by atoms with Crippen molar-refractivity contribution in [3.63, 3.8) is 0 Å². The van der Waals surface area contributed by atoms with Crippen LogP contribution in [0.1, 0.15) is 42.4 Å². The van der Waals surface area contributed by atoms with Gasteiger partial charge in [0.05, 0.1) is 0 Å². The minimum Gasteiger partial charge on any atom is -0.115 e. The van der Waals surface area contributed by atoms with Crippen molar-refractivity contribution in [2.75, 3.05) is 0 Å². The van der Waals surface area contributed by atoms with Crippen LogP contribution in [0.4, 0.5) is 0 Å². The van der Waals surface area contributed by atoms with Crippen molar-refractivity contribution in [1.82, 2.24) is 0 Å². The van der Waals surface area contributed by atoms with Crippen molar-refractivity contribution < 1.29 is 0 Å². The summed E-state index contributed by atoms with van der Waals surface area (Å²) in [6.07, 6.45) is 12.3. The van der Waals surface area contributed by atoms with Gasteiger partial charge in [0.2, 0.25) is 0 Å². The molecule has 1 aromatic rings. The Kier molecular flexibility index (Phi) is 2.41. The van der Waals surface area contributed by atoms with Gasteiger partial charge in [0, 0.05) is 11.5 Å². The van der Waals surface area contributed by atoms with E-state index in [1.54, 1.807) is 0 Å². The van der Waals surface area contributed by atoms with Crippen LogP contribution in [0.25, 0.3) is 6.08 Å². The predicted octanol–water partition coefficient (Wildman–Crippen LogP) is 3.58. The largest absolute Gasteiger partial charge is 0.115 e. The fourth-order valence-electron chi connectivity index (χ4n) is 2.10. The van der Waals surface area contributed by atoms with Gasteiger partial charge in [0.25, 0.3) is 0 Å². The number of hydrogen-bond acceptors (Lipinski definition) is 0. The highest BCUT2D eigenvalue weighted by atomic mass is 14.2. The predicted molar refractivity (Wildman–Crippen MR) is 61.1 cm³/mol. The zero-order valence-electron chi connectivity index (χ0n) is 8.46. The molecule has 14 heavy (non-hydrogen) atoms. The summed E-state index contributed by atoms with van der Waals surface area (Å²) in [5.74, 6) is 3.33. The summed E-state index contributed by atoms with van der Waals surface area (Å²) in [5.41, 5.74) is 3.69. The van der Waals surface area contributed by atoms with Gasteiger partial charge in [-0.3, -0.25) is 0 Å². The topological polar surface area (TPSA) is 0 Å². The van der Waals surface area contributed by atoms with Gasteiger partial charge in [-0.1, -0.05) is 43.5 Å². The van der Waals surface area contributed by atoms with E-state index in [0.29, 0.717) is 5.92 Å². The molecular formula is C14H14. The molecule has 0 heteroatoms. The van der Waals surface area contributed by atoms with E-state index in [1.165, 1.54) is 24.0 Å². The third-order valence-electron chi connectivity index (χ3n) is 2.79. The number of terminal acetylenes is 1. The molecule has 0 N–H and O–H groups in total. The van der Waals surface area contributed by atoms with Gasteiger partial charge >= 0.3 is 0 Å². The van der Waals surface area contributed by atoms with E-state index in [2.05, 4.69) is 37.1 Å². The molecule has 1 unspecified atom stereocenters. The van der Waals surface area contributed by atoms with Gasteiger partial charge in [0.15, 0.2) is 0 Å². The molecule has 0 heterocycles. The smallest absolute Gasteiger partial charge is 0.0317 e. The van der Waals surface area contributed by atoms with E-state index in [9.17, 15) is 0 Å². The molecule has 0 amide bonds. The summed E-state index contributed by atoms with van der Waals surface area (Å²) in [4.78, 5) is 0. The second-order valence-electron chi connectivity index (χ2n) is 3.71. The molecule has 0 radical (unpaired) electrons. The summed E-state index contributed by atoms with van der Waals surface area (Å²) < 4.78 is 0. The van der Waals surface area contributed by atoms with Crippen molar-refractivity contribution in [2.45, 2.75) is 25.7 Å². The van der Waals surface area contributed by atoms with Crippen LogP contribution >= 0.6 is 0 Å². The van der Waals surface area contributed by atoms with Gasteiger partial charge in [-0.25, -0.2) is 0 Å². The Morgan fingerprint density at radius 3 is 3.00 bits per heavy atom.